The van der Waals surface area contributed by atoms with Crippen LogP contribution in [0.5, 0.6) is 11.5 Å². The molecule has 18 nitrogen and oxygen atoms in total. The summed E-state index contributed by atoms with van der Waals surface area (Å²) in [6, 6.07) is 66.1. The molecule has 6 aromatic heterocycles. The molecule has 0 unspecified atom stereocenters. The SMILES string of the molecule is CCCN(CC)c1ccc(N=Nc2sc3cc(OC)ccc3[n+]2C)cc1.CCCN(CC)c1ccc(N=Nc2sc3cc(OC)ccc3[n+]2CC)cc1.CC[n+]1ccsc1N=Nc1c(-c2ccccc2)n(C)c2ccccc12.Cn1c(-c2ccccc2)c(N=Nc2scc[n+]2C)c2ccccc21.[CH3-].[CH3-].[CH3-].[CH3-]. The van der Waals surface area contributed by atoms with Gasteiger partial charge in [-0.1, -0.05) is 111 Å². The van der Waals surface area contributed by atoms with Crippen LogP contribution in [0, 0.1) is 29.7 Å². The van der Waals surface area contributed by atoms with E-state index in [-0.39, 0.29) is 29.7 Å². The van der Waals surface area contributed by atoms with E-state index in [2.05, 4.69) is 232 Å². The number of rotatable bonds is 22. The van der Waals surface area contributed by atoms with Crippen molar-refractivity contribution < 1.29 is 27.7 Å². The second-order valence-electron chi connectivity index (χ2n) is 23.8. The Labute approximate surface area is 642 Å². The first kappa shape index (κ1) is 82.8. The standard InChI is InChI=1S/C21H27N4OS.C20H25N4OS.C20H19N4S.C19H17N4S.4CH3/c1-5-14-24(6-2)17-10-8-16(9-11-17)22-23-21-25(7-3)19-13-12-18(26-4)15-20(19)27-21;1-5-13-24(6-2)16-9-7-15(8-10-16)21-22-20-23(3)18-12-11-17(25-4)14-19(18)26-20;1-3-24-13-14-25-20(24)22-21-18-16-11-7-8-12-17(16)23(2)19(18)15-9-5-4-6-10-15;1-22-12-13-24-19(22)21-20-17-15-10-6-7-11-16(15)23(2)18(17)14-8-4-3-5-9-14;;;;/h8-13,15H,5-7,14H2,1-4H3;7-12,14H,5-6,13H2,1-4H3;4-14H,3H2,1-2H3;3-13H,1-2H3;4*1H3/q4*+1;4*-1. The van der Waals surface area contributed by atoms with Crippen molar-refractivity contribution in [1.82, 2.24) is 9.13 Å². The molecule has 0 N–H and O–H groups in total. The lowest BCUT2D eigenvalue weighted by Crippen LogP contribution is -2.30. The molecule has 0 aliphatic rings. The van der Waals surface area contributed by atoms with E-state index in [1.807, 2.05) is 133 Å². The van der Waals surface area contributed by atoms with Gasteiger partial charge in [0.05, 0.1) is 93.7 Å². The number of para-hydroxylation sites is 2. The molecule has 106 heavy (non-hydrogen) atoms. The molecule has 0 aliphatic heterocycles. The number of nitrogens with zero attached hydrogens (tertiary/aromatic N) is 16. The molecule has 0 amide bonds. The molecule has 0 bridgehead atoms. The zero-order valence-corrected chi connectivity index (χ0v) is 67.3. The van der Waals surface area contributed by atoms with Crippen molar-refractivity contribution in [3.05, 3.63) is 247 Å². The first-order valence-electron chi connectivity index (χ1n) is 34.4. The van der Waals surface area contributed by atoms with Gasteiger partial charge in [-0.2, -0.15) is 0 Å². The highest BCUT2D eigenvalue weighted by atomic mass is 32.1. The number of hydrogen-bond acceptors (Lipinski definition) is 16. The maximum absolute atomic E-state index is 5.33. The van der Waals surface area contributed by atoms with E-state index in [0.717, 1.165) is 172 Å². The molecule has 0 aliphatic carbocycles. The maximum Gasteiger partial charge on any atom is 0.409 e. The third kappa shape index (κ3) is 19.3. The fraction of sp³-hybridized carbons (Fsp3) is 0.238. The molecule has 0 atom stereocenters. The molecule has 14 aromatic rings. The van der Waals surface area contributed by atoms with Gasteiger partial charge in [0.15, 0.2) is 0 Å². The minimum atomic E-state index is 0. The number of azo groups is 4. The number of ether oxygens (including phenoxy) is 2. The van der Waals surface area contributed by atoms with Crippen LogP contribution in [-0.4, -0.2) is 49.5 Å². The summed E-state index contributed by atoms with van der Waals surface area (Å²) >= 11 is 6.42. The zero-order valence-electron chi connectivity index (χ0n) is 64.0. The van der Waals surface area contributed by atoms with Crippen molar-refractivity contribution in [2.75, 3.05) is 50.2 Å². The average Bonchev–Trinajstić information content (AvgIpc) is 1.62. The highest BCUT2D eigenvalue weighted by molar-refractivity contribution is 7.21. The largest absolute Gasteiger partial charge is 0.497 e. The van der Waals surface area contributed by atoms with Crippen molar-refractivity contribution in [3.8, 4) is 34.0 Å². The monoisotopic (exact) mass is 1490 g/mol. The Balaban J connectivity index is 0.000000195. The fourth-order valence-corrected chi connectivity index (χ4v) is 15.6. The lowest BCUT2D eigenvalue weighted by atomic mass is 10.1. The van der Waals surface area contributed by atoms with E-state index in [1.54, 1.807) is 59.6 Å². The van der Waals surface area contributed by atoms with E-state index < -0.39 is 0 Å². The predicted molar refractivity (Wildman–Crippen MR) is 448 cm³/mol. The first-order chi connectivity index (χ1) is 49.9. The molecule has 0 saturated carbocycles. The summed E-state index contributed by atoms with van der Waals surface area (Å²) < 4.78 is 25.6. The Morgan fingerprint density at radius 1 is 0.425 bits per heavy atom. The van der Waals surface area contributed by atoms with E-state index in [0.29, 0.717) is 0 Å². The van der Waals surface area contributed by atoms with Crippen LogP contribution < -0.4 is 37.5 Å². The number of thiazole rings is 4. The molecule has 8 aromatic carbocycles. The Morgan fingerprint density at radius 3 is 1.30 bits per heavy atom. The van der Waals surface area contributed by atoms with Gasteiger partial charge in [0.2, 0.25) is 0 Å². The summed E-state index contributed by atoms with van der Waals surface area (Å²) in [5.74, 6) is 1.71. The van der Waals surface area contributed by atoms with Crippen molar-refractivity contribution in [3.63, 3.8) is 0 Å². The third-order valence-corrected chi connectivity index (χ3v) is 21.1. The Kier molecular flexibility index (Phi) is 31.3. The number of benzene rings is 8. The van der Waals surface area contributed by atoms with E-state index in [4.69, 9.17) is 9.47 Å². The van der Waals surface area contributed by atoms with Gasteiger partial charge in [-0.05, 0) is 191 Å². The molecule has 0 saturated heterocycles. The van der Waals surface area contributed by atoms with E-state index >= 15 is 0 Å². The molecule has 0 radical (unpaired) electrons. The van der Waals surface area contributed by atoms with Crippen LogP contribution in [0.25, 0.3) is 64.8 Å². The summed E-state index contributed by atoms with van der Waals surface area (Å²) in [5, 5.41) is 46.0. The fourth-order valence-electron chi connectivity index (χ4n) is 12.1. The summed E-state index contributed by atoms with van der Waals surface area (Å²) in [4.78, 5) is 4.73. The highest BCUT2D eigenvalue weighted by Gasteiger charge is 2.23. The molecule has 22 heteroatoms. The second-order valence-corrected chi connectivity index (χ2v) is 27.5. The number of fused-ring (bicyclic) bond motifs is 4. The molecule has 0 fully saturated rings. The van der Waals surface area contributed by atoms with Crippen molar-refractivity contribution >= 4 is 142 Å². The number of hydrogen-bond donors (Lipinski definition) is 0. The topological polar surface area (TPSA) is 149 Å². The lowest BCUT2D eigenvalue weighted by molar-refractivity contribution is -0.676. The van der Waals surface area contributed by atoms with Crippen molar-refractivity contribution in [1.29, 1.82) is 0 Å². The maximum atomic E-state index is 5.33. The summed E-state index contributed by atoms with van der Waals surface area (Å²) in [7, 11) is 11.5. The molecular formula is C84H100N16O2S4. The normalized spacial score (nSPS) is 11.1. The number of anilines is 2. The van der Waals surface area contributed by atoms with Gasteiger partial charge in [0.25, 0.3) is 0 Å². The van der Waals surface area contributed by atoms with Crippen molar-refractivity contribution in [2.45, 2.75) is 67.5 Å². The lowest BCUT2D eigenvalue weighted by Gasteiger charge is -2.22. The predicted octanol–water partition coefficient (Wildman–Crippen LogP) is 23.8. The minimum absolute atomic E-state index is 0. The van der Waals surface area contributed by atoms with Gasteiger partial charge < -0.3 is 58.1 Å². The molecule has 552 valence electrons. The summed E-state index contributed by atoms with van der Waals surface area (Å²) in [6.07, 6.45) is 6.31. The number of aromatic nitrogens is 6. The van der Waals surface area contributed by atoms with Gasteiger partial charge in [-0.25, -0.2) is 18.3 Å². The van der Waals surface area contributed by atoms with Gasteiger partial charge in [0.1, 0.15) is 57.7 Å². The summed E-state index contributed by atoms with van der Waals surface area (Å²) in [6.45, 7) is 18.9. The van der Waals surface area contributed by atoms with E-state index in [1.165, 1.54) is 11.4 Å². The Hall–Kier alpha value is -10.5. The average molecular weight is 1490 g/mol. The van der Waals surface area contributed by atoms with E-state index in [9.17, 15) is 0 Å². The highest BCUT2D eigenvalue weighted by Crippen LogP contribution is 2.42. The molecular weight excluding hydrogens is 1390 g/mol. The smallest absolute Gasteiger partial charge is 0.409 e. The third-order valence-electron chi connectivity index (χ3n) is 17.4. The second kappa shape index (κ2) is 40.1. The van der Waals surface area contributed by atoms with Crippen LogP contribution in [0.4, 0.5) is 54.7 Å². The zero-order chi connectivity index (χ0) is 71.5. The molecule has 14 rings (SSSR count). The van der Waals surface area contributed by atoms with Crippen LogP contribution in [0.2, 0.25) is 0 Å². The van der Waals surface area contributed by atoms with Gasteiger partial charge in [0, 0.05) is 96.4 Å². The number of methoxy groups -OCH3 is 2. The van der Waals surface area contributed by atoms with Crippen LogP contribution >= 0.6 is 45.3 Å². The first-order valence-corrected chi connectivity index (χ1v) is 37.8. The van der Waals surface area contributed by atoms with Crippen LogP contribution in [-0.2, 0) is 41.3 Å². The quantitative estimate of drug-likeness (QED) is 0.0377. The molecule has 6 heterocycles. The Bertz CT molecular complexity index is 5190. The van der Waals surface area contributed by atoms with Crippen LogP contribution in [0.3, 0.4) is 0 Å². The minimum Gasteiger partial charge on any atom is -0.497 e. The number of aryl methyl sites for hydroxylation is 6. The van der Waals surface area contributed by atoms with Crippen LogP contribution in [0.15, 0.2) is 258 Å². The van der Waals surface area contributed by atoms with Gasteiger partial charge in [-0.3, -0.25) is 0 Å². The molecule has 0 spiro atoms. The van der Waals surface area contributed by atoms with Crippen LogP contribution in [0.1, 0.15) is 54.4 Å². The van der Waals surface area contributed by atoms with Crippen molar-refractivity contribution in [2.24, 2.45) is 69.1 Å². The van der Waals surface area contributed by atoms with Gasteiger partial charge >= 0.3 is 20.5 Å². The summed E-state index contributed by atoms with van der Waals surface area (Å²) in [5.41, 5.74) is 15.1. The Morgan fingerprint density at radius 2 is 0.849 bits per heavy atom. The van der Waals surface area contributed by atoms with Gasteiger partial charge in [-0.15, -0.1) is 0 Å².